The summed E-state index contributed by atoms with van der Waals surface area (Å²) in [4.78, 5) is 10.9. The molecular weight excluding hydrogens is 212 g/mol. The van der Waals surface area contributed by atoms with Crippen molar-refractivity contribution in [1.29, 1.82) is 0 Å². The second-order valence-electron chi connectivity index (χ2n) is 3.26. The number of ether oxygens (including phenoxy) is 2. The molecule has 80 valence electrons. The molecule has 1 atom stereocenters. The molecule has 4 heteroatoms. The highest BCUT2D eigenvalue weighted by Gasteiger charge is 2.21. The van der Waals surface area contributed by atoms with E-state index in [2.05, 4.69) is 0 Å². The number of methoxy groups -OCH3 is 1. The summed E-state index contributed by atoms with van der Waals surface area (Å²) >= 11 is 1.62. The molecule has 1 heterocycles. The van der Waals surface area contributed by atoms with E-state index in [-0.39, 0.29) is 11.2 Å². The summed E-state index contributed by atoms with van der Waals surface area (Å²) in [6.07, 6.45) is 0. The third kappa shape index (κ3) is 2.45. The molecule has 1 aliphatic heterocycles. The van der Waals surface area contributed by atoms with Gasteiger partial charge in [0.1, 0.15) is 12.4 Å². The zero-order valence-electron chi connectivity index (χ0n) is 8.43. The number of thioether (sulfide) groups is 1. The molecule has 15 heavy (non-hydrogen) atoms. The Balaban J connectivity index is 2.06. The molecule has 2 rings (SSSR count). The summed E-state index contributed by atoms with van der Waals surface area (Å²) in [5.74, 6) is 1.16. The standard InChI is InChI=1S/C11H12O3S/c1-13-9-4-2-8(3-5-9)10-6-14-11(12)7-15-10/h2-5,10H,6-7H2,1H3. The Labute approximate surface area is 92.8 Å². The highest BCUT2D eigenvalue weighted by molar-refractivity contribution is 8.00. The summed E-state index contributed by atoms with van der Waals surface area (Å²) in [6, 6.07) is 7.87. The van der Waals surface area contributed by atoms with Crippen molar-refractivity contribution in [3.05, 3.63) is 29.8 Å². The van der Waals surface area contributed by atoms with Crippen LogP contribution in [0.15, 0.2) is 24.3 Å². The molecule has 0 aliphatic carbocycles. The maximum absolute atomic E-state index is 10.9. The average Bonchev–Trinajstić information content (AvgIpc) is 2.30. The topological polar surface area (TPSA) is 35.5 Å². The van der Waals surface area contributed by atoms with Gasteiger partial charge in [0.2, 0.25) is 0 Å². The minimum Gasteiger partial charge on any atom is -0.497 e. The van der Waals surface area contributed by atoms with Crippen molar-refractivity contribution < 1.29 is 14.3 Å². The normalized spacial score (nSPS) is 20.9. The van der Waals surface area contributed by atoms with Gasteiger partial charge in [-0.05, 0) is 17.7 Å². The molecular formula is C11H12O3S. The van der Waals surface area contributed by atoms with Crippen LogP contribution in [0.2, 0.25) is 0 Å². The highest BCUT2D eigenvalue weighted by Crippen LogP contribution is 2.32. The van der Waals surface area contributed by atoms with Crippen molar-refractivity contribution >= 4 is 17.7 Å². The first kappa shape index (κ1) is 10.4. The first-order valence-electron chi connectivity index (χ1n) is 4.71. The number of carbonyl (C=O) groups is 1. The summed E-state index contributed by atoms with van der Waals surface area (Å²) in [5, 5.41) is 0.258. The predicted octanol–water partition coefficient (Wildman–Crippen LogP) is 2.03. The second kappa shape index (κ2) is 4.57. The van der Waals surface area contributed by atoms with Crippen molar-refractivity contribution in [3.63, 3.8) is 0 Å². The summed E-state index contributed by atoms with van der Waals surface area (Å²) < 4.78 is 10.1. The minimum absolute atomic E-state index is 0.121. The van der Waals surface area contributed by atoms with Crippen LogP contribution in [-0.4, -0.2) is 25.4 Å². The van der Waals surface area contributed by atoms with E-state index >= 15 is 0 Å². The molecule has 1 unspecified atom stereocenters. The fourth-order valence-electron chi connectivity index (χ4n) is 1.44. The fourth-order valence-corrected chi connectivity index (χ4v) is 2.37. The van der Waals surface area contributed by atoms with Crippen LogP contribution >= 0.6 is 11.8 Å². The zero-order chi connectivity index (χ0) is 10.7. The van der Waals surface area contributed by atoms with Crippen LogP contribution in [0.25, 0.3) is 0 Å². The molecule has 0 spiro atoms. The molecule has 0 radical (unpaired) electrons. The molecule has 1 saturated heterocycles. The molecule has 0 aromatic heterocycles. The molecule has 0 N–H and O–H groups in total. The van der Waals surface area contributed by atoms with Gasteiger partial charge in [-0.15, -0.1) is 11.8 Å². The predicted molar refractivity (Wildman–Crippen MR) is 59.2 cm³/mol. The van der Waals surface area contributed by atoms with Crippen molar-refractivity contribution in [2.45, 2.75) is 5.25 Å². The summed E-state index contributed by atoms with van der Waals surface area (Å²) in [5.41, 5.74) is 1.17. The lowest BCUT2D eigenvalue weighted by atomic mass is 10.1. The number of hydrogen-bond acceptors (Lipinski definition) is 4. The number of hydrogen-bond donors (Lipinski definition) is 0. The second-order valence-corrected chi connectivity index (χ2v) is 4.45. The van der Waals surface area contributed by atoms with Crippen molar-refractivity contribution in [3.8, 4) is 5.75 Å². The first-order chi connectivity index (χ1) is 7.29. The van der Waals surface area contributed by atoms with Crippen LogP contribution in [-0.2, 0) is 9.53 Å². The third-order valence-corrected chi connectivity index (χ3v) is 3.50. The Morgan fingerprint density at radius 1 is 1.40 bits per heavy atom. The Hall–Kier alpha value is -1.16. The molecule has 0 amide bonds. The Morgan fingerprint density at radius 3 is 2.67 bits per heavy atom. The van der Waals surface area contributed by atoms with Gasteiger partial charge < -0.3 is 9.47 Å². The molecule has 0 saturated carbocycles. The number of benzene rings is 1. The van der Waals surface area contributed by atoms with Gasteiger partial charge in [0.25, 0.3) is 0 Å². The lowest BCUT2D eigenvalue weighted by Crippen LogP contribution is -2.19. The van der Waals surface area contributed by atoms with E-state index in [0.29, 0.717) is 12.4 Å². The lowest BCUT2D eigenvalue weighted by molar-refractivity contribution is -0.141. The van der Waals surface area contributed by atoms with Gasteiger partial charge >= 0.3 is 5.97 Å². The Morgan fingerprint density at radius 2 is 2.13 bits per heavy atom. The maximum Gasteiger partial charge on any atom is 0.315 e. The number of rotatable bonds is 2. The molecule has 1 aromatic rings. The third-order valence-electron chi connectivity index (χ3n) is 2.29. The lowest BCUT2D eigenvalue weighted by Gasteiger charge is -2.21. The number of esters is 1. The monoisotopic (exact) mass is 224 g/mol. The van der Waals surface area contributed by atoms with Crippen molar-refractivity contribution in [1.82, 2.24) is 0 Å². The van der Waals surface area contributed by atoms with E-state index in [9.17, 15) is 4.79 Å². The summed E-state index contributed by atoms with van der Waals surface area (Å²) in [6.45, 7) is 0.468. The van der Waals surface area contributed by atoms with Crippen molar-refractivity contribution in [2.75, 3.05) is 19.5 Å². The largest absolute Gasteiger partial charge is 0.497 e. The van der Waals surface area contributed by atoms with E-state index in [1.807, 2.05) is 24.3 Å². The van der Waals surface area contributed by atoms with Crippen LogP contribution in [0.5, 0.6) is 5.75 Å². The van der Waals surface area contributed by atoms with Crippen molar-refractivity contribution in [2.24, 2.45) is 0 Å². The van der Waals surface area contributed by atoms with E-state index in [4.69, 9.17) is 9.47 Å². The van der Waals surface area contributed by atoms with Crippen LogP contribution in [0.4, 0.5) is 0 Å². The van der Waals surface area contributed by atoms with Crippen LogP contribution in [0.3, 0.4) is 0 Å². The molecule has 1 aromatic carbocycles. The molecule has 0 bridgehead atoms. The molecule has 1 aliphatic rings. The van der Waals surface area contributed by atoms with E-state index in [1.54, 1.807) is 18.9 Å². The number of cyclic esters (lactones) is 1. The van der Waals surface area contributed by atoms with Gasteiger partial charge in [-0.2, -0.15) is 0 Å². The van der Waals surface area contributed by atoms with E-state index in [1.165, 1.54) is 5.56 Å². The average molecular weight is 224 g/mol. The fraction of sp³-hybridized carbons (Fsp3) is 0.364. The Kier molecular flexibility index (Phi) is 3.16. The Bertz CT molecular complexity index is 337. The van der Waals surface area contributed by atoms with E-state index in [0.717, 1.165) is 5.75 Å². The van der Waals surface area contributed by atoms with Crippen LogP contribution in [0, 0.1) is 0 Å². The SMILES string of the molecule is COc1ccc(C2COC(=O)CS2)cc1. The van der Waals surface area contributed by atoms with Gasteiger partial charge in [-0.3, -0.25) is 4.79 Å². The number of carbonyl (C=O) groups excluding carboxylic acids is 1. The van der Waals surface area contributed by atoms with Gasteiger partial charge in [0.05, 0.1) is 18.1 Å². The molecule has 3 nitrogen and oxygen atoms in total. The van der Waals surface area contributed by atoms with Gasteiger partial charge in [0.15, 0.2) is 0 Å². The van der Waals surface area contributed by atoms with Crippen LogP contribution < -0.4 is 4.74 Å². The zero-order valence-corrected chi connectivity index (χ0v) is 9.25. The van der Waals surface area contributed by atoms with Gasteiger partial charge in [-0.1, -0.05) is 12.1 Å². The van der Waals surface area contributed by atoms with Gasteiger partial charge in [-0.25, -0.2) is 0 Å². The van der Waals surface area contributed by atoms with Gasteiger partial charge in [0, 0.05) is 0 Å². The quantitative estimate of drug-likeness (QED) is 0.720. The molecule has 1 fully saturated rings. The van der Waals surface area contributed by atoms with Crippen LogP contribution in [0.1, 0.15) is 10.8 Å². The highest BCUT2D eigenvalue weighted by atomic mass is 32.2. The first-order valence-corrected chi connectivity index (χ1v) is 5.75. The maximum atomic E-state index is 10.9. The minimum atomic E-state index is -0.121. The summed E-state index contributed by atoms with van der Waals surface area (Å²) in [7, 11) is 1.64. The van der Waals surface area contributed by atoms with E-state index < -0.39 is 0 Å². The smallest absolute Gasteiger partial charge is 0.315 e.